The first-order valence-corrected chi connectivity index (χ1v) is 16.6. The number of hydrogen-bond donors (Lipinski definition) is 1. The maximum absolute atomic E-state index is 12.6. The first-order valence-electron chi connectivity index (χ1n) is 16.6. The summed E-state index contributed by atoms with van der Waals surface area (Å²) in [6.45, 7) is 5.56. The first kappa shape index (κ1) is 32.7. The van der Waals surface area contributed by atoms with Gasteiger partial charge in [-0.15, -0.1) is 0 Å². The predicted octanol–water partition coefficient (Wildman–Crippen LogP) is 6.90. The number of ether oxygens (including phenoxy) is 2. The number of anilines is 1. The second-order valence-electron chi connectivity index (χ2n) is 12.0. The van der Waals surface area contributed by atoms with E-state index < -0.39 is 5.76 Å². The van der Waals surface area contributed by atoms with Crippen LogP contribution in [0, 0.1) is 0 Å². The lowest BCUT2D eigenvalue weighted by molar-refractivity contribution is 0.247. The Morgan fingerprint density at radius 2 is 1.42 bits per heavy atom. The topological polar surface area (TPSA) is 80.3 Å². The molecule has 4 aromatic carbocycles. The summed E-state index contributed by atoms with van der Waals surface area (Å²) in [6, 6.07) is 34.7. The normalized spacial score (nSPS) is 13.6. The summed E-state index contributed by atoms with van der Waals surface area (Å²) in [6.07, 6.45) is 5.89. The van der Waals surface area contributed by atoms with E-state index in [1.807, 2.05) is 42.5 Å². The minimum Gasteiger partial charge on any atom is -0.493 e. The van der Waals surface area contributed by atoms with Crippen LogP contribution in [0.15, 0.2) is 112 Å². The van der Waals surface area contributed by atoms with Crippen LogP contribution in [-0.2, 0) is 26.0 Å². The molecule has 1 aliphatic heterocycles. The Balaban J connectivity index is 0.986. The van der Waals surface area contributed by atoms with Gasteiger partial charge in [0.15, 0.2) is 17.3 Å². The summed E-state index contributed by atoms with van der Waals surface area (Å²) in [5.41, 5.74) is 5.56. The van der Waals surface area contributed by atoms with E-state index >= 15 is 0 Å². The van der Waals surface area contributed by atoms with Crippen molar-refractivity contribution in [2.24, 2.45) is 0 Å². The number of hydrogen-bond acceptors (Lipinski definition) is 7. The molecule has 5 aromatic rings. The quantitative estimate of drug-likeness (QED) is 0.132. The van der Waals surface area contributed by atoms with E-state index in [0.717, 1.165) is 61.4 Å². The van der Waals surface area contributed by atoms with Crippen molar-refractivity contribution in [3.05, 3.63) is 142 Å². The Kier molecular flexibility index (Phi) is 11.0. The third-order valence-corrected chi connectivity index (χ3v) is 8.80. The average Bonchev–Trinajstić information content (AvgIpc) is 3.41. The van der Waals surface area contributed by atoms with Crippen molar-refractivity contribution in [2.45, 2.75) is 32.4 Å². The van der Waals surface area contributed by atoms with Gasteiger partial charge in [0, 0.05) is 44.8 Å². The van der Waals surface area contributed by atoms with Crippen molar-refractivity contribution in [3.63, 3.8) is 0 Å². The minimum absolute atomic E-state index is 0.0825. The van der Waals surface area contributed by atoms with Crippen molar-refractivity contribution < 1.29 is 19.0 Å². The molecule has 2 heterocycles. The Hall–Kier alpha value is -5.21. The van der Waals surface area contributed by atoms with Crippen LogP contribution >= 0.6 is 0 Å². The van der Waals surface area contributed by atoms with Crippen LogP contribution in [-0.4, -0.2) is 54.4 Å². The molecule has 1 N–H and O–H groups in total. The SMILES string of the molecule is COc1ccc(CCc2oc(=O)n(CCCN3CCN(c4ccccc4)CC3)c2O)cc1OCc1ccc(C=Cc2ccccc2)cc1. The van der Waals surface area contributed by atoms with E-state index in [1.54, 1.807) is 7.11 Å². The van der Waals surface area contributed by atoms with Crippen LogP contribution in [0.4, 0.5) is 5.69 Å². The number of methoxy groups -OCH3 is 1. The number of aromatic nitrogens is 1. The van der Waals surface area contributed by atoms with Gasteiger partial charge in [-0.25, -0.2) is 9.36 Å². The highest BCUT2D eigenvalue weighted by Gasteiger charge is 2.19. The van der Waals surface area contributed by atoms with Crippen molar-refractivity contribution in [2.75, 3.05) is 44.7 Å². The van der Waals surface area contributed by atoms with E-state index in [1.165, 1.54) is 10.3 Å². The maximum Gasteiger partial charge on any atom is 0.422 e. The van der Waals surface area contributed by atoms with E-state index in [2.05, 4.69) is 82.6 Å². The summed E-state index contributed by atoms with van der Waals surface area (Å²) in [5, 5.41) is 10.8. The van der Waals surface area contributed by atoms with E-state index in [-0.39, 0.29) is 5.88 Å². The molecule has 0 unspecified atom stereocenters. The molecule has 0 spiro atoms. The Bertz CT molecular complexity index is 1820. The fourth-order valence-corrected chi connectivity index (χ4v) is 6.01. The maximum atomic E-state index is 12.6. The Morgan fingerprint density at radius 3 is 2.12 bits per heavy atom. The zero-order valence-corrected chi connectivity index (χ0v) is 27.5. The number of oxazole rings is 1. The van der Waals surface area contributed by atoms with E-state index in [4.69, 9.17) is 13.9 Å². The Morgan fingerprint density at radius 1 is 0.750 bits per heavy atom. The van der Waals surface area contributed by atoms with Gasteiger partial charge in [0.25, 0.3) is 0 Å². The second-order valence-corrected chi connectivity index (χ2v) is 12.0. The van der Waals surface area contributed by atoms with Crippen LogP contribution in [0.1, 0.15) is 34.4 Å². The molecule has 0 aliphatic carbocycles. The molecule has 6 rings (SSSR count). The molecular formula is C40H43N3O5. The smallest absolute Gasteiger partial charge is 0.422 e. The highest BCUT2D eigenvalue weighted by Crippen LogP contribution is 2.30. The summed E-state index contributed by atoms with van der Waals surface area (Å²) in [4.78, 5) is 17.4. The van der Waals surface area contributed by atoms with E-state index in [9.17, 15) is 9.90 Å². The van der Waals surface area contributed by atoms with Crippen molar-refractivity contribution >= 4 is 17.8 Å². The molecule has 1 saturated heterocycles. The fourth-order valence-electron chi connectivity index (χ4n) is 6.01. The summed E-state index contributed by atoms with van der Waals surface area (Å²) < 4.78 is 18.5. The third-order valence-electron chi connectivity index (χ3n) is 8.80. The molecule has 1 fully saturated rings. The average molecular weight is 646 g/mol. The van der Waals surface area contributed by atoms with Crippen molar-refractivity contribution in [1.82, 2.24) is 9.47 Å². The van der Waals surface area contributed by atoms with Crippen LogP contribution in [0.2, 0.25) is 0 Å². The van der Waals surface area contributed by atoms with Gasteiger partial charge >= 0.3 is 5.76 Å². The van der Waals surface area contributed by atoms with Crippen LogP contribution in [0.3, 0.4) is 0 Å². The van der Waals surface area contributed by atoms with Crippen LogP contribution in [0.5, 0.6) is 17.4 Å². The largest absolute Gasteiger partial charge is 0.493 e. The third kappa shape index (κ3) is 8.57. The summed E-state index contributed by atoms with van der Waals surface area (Å²) >= 11 is 0. The number of aryl methyl sites for hydroxylation is 2. The van der Waals surface area contributed by atoms with Crippen LogP contribution < -0.4 is 20.1 Å². The lowest BCUT2D eigenvalue weighted by atomic mass is 10.1. The molecule has 8 nitrogen and oxygen atoms in total. The van der Waals surface area contributed by atoms with Gasteiger partial charge in [-0.2, -0.15) is 0 Å². The van der Waals surface area contributed by atoms with Gasteiger partial charge in [0.05, 0.1) is 7.11 Å². The van der Waals surface area contributed by atoms with Gasteiger partial charge in [-0.3, -0.25) is 4.90 Å². The van der Waals surface area contributed by atoms with Gasteiger partial charge in [0.1, 0.15) is 6.61 Å². The van der Waals surface area contributed by atoms with Gasteiger partial charge in [-0.1, -0.05) is 91.0 Å². The number of aromatic hydroxyl groups is 1. The van der Waals surface area contributed by atoms with Crippen molar-refractivity contribution in [1.29, 1.82) is 0 Å². The monoisotopic (exact) mass is 645 g/mol. The summed E-state index contributed by atoms with van der Waals surface area (Å²) in [5.74, 6) is 0.980. The number of piperazine rings is 1. The zero-order chi connectivity index (χ0) is 33.1. The number of benzene rings is 4. The standard InChI is InChI=1S/C40H43N3O5/c1-46-36-21-19-33(29-38(36)47-30-34-17-15-32(16-18-34)14-13-31-9-4-2-5-10-31)20-22-37-39(44)43(40(45)48-37)24-8-23-41-25-27-42(28-26-41)35-11-6-3-7-12-35/h2-7,9-19,21,29,44H,8,20,22-28,30H2,1H3. The number of para-hydroxylation sites is 1. The molecule has 0 saturated carbocycles. The zero-order valence-electron chi connectivity index (χ0n) is 27.5. The van der Waals surface area contributed by atoms with Crippen molar-refractivity contribution in [3.8, 4) is 17.4 Å². The van der Waals surface area contributed by atoms with E-state index in [0.29, 0.717) is 43.3 Å². The summed E-state index contributed by atoms with van der Waals surface area (Å²) in [7, 11) is 1.62. The Labute approximate surface area is 282 Å². The lowest BCUT2D eigenvalue weighted by Gasteiger charge is -2.36. The molecule has 248 valence electrons. The first-order chi connectivity index (χ1) is 23.6. The minimum atomic E-state index is -0.517. The highest BCUT2D eigenvalue weighted by atomic mass is 16.5. The van der Waals surface area contributed by atoms with Crippen LogP contribution in [0.25, 0.3) is 12.2 Å². The van der Waals surface area contributed by atoms with Gasteiger partial charge < -0.3 is 23.9 Å². The highest BCUT2D eigenvalue weighted by molar-refractivity contribution is 5.69. The molecule has 0 amide bonds. The second kappa shape index (κ2) is 16.1. The molecule has 0 bridgehead atoms. The molecule has 1 aromatic heterocycles. The number of nitrogens with zero attached hydrogens (tertiary/aromatic N) is 3. The van der Waals surface area contributed by atoms with Gasteiger partial charge in [0.2, 0.25) is 5.88 Å². The molecule has 0 atom stereocenters. The molecule has 48 heavy (non-hydrogen) atoms. The lowest BCUT2D eigenvalue weighted by Crippen LogP contribution is -2.46. The molecular weight excluding hydrogens is 602 g/mol. The fraction of sp³-hybridized carbons (Fsp3) is 0.275. The molecule has 1 aliphatic rings. The molecule has 0 radical (unpaired) electrons. The molecule has 8 heteroatoms. The number of rotatable bonds is 14. The van der Waals surface area contributed by atoms with Gasteiger partial charge in [-0.05, 0) is 65.9 Å². The predicted molar refractivity (Wildman–Crippen MR) is 191 cm³/mol.